The third kappa shape index (κ3) is 2.64. The molecule has 1 aliphatic heterocycles. The van der Waals surface area contributed by atoms with Crippen LogP contribution in [-0.2, 0) is 12.0 Å². The van der Waals surface area contributed by atoms with Crippen LogP contribution in [0.3, 0.4) is 0 Å². The maximum Gasteiger partial charge on any atom is 0.124 e. The van der Waals surface area contributed by atoms with Crippen LogP contribution >= 0.6 is 0 Å². The molecule has 100 valence electrons. The largest absolute Gasteiger partial charge is 0.382 e. The first-order valence-corrected chi connectivity index (χ1v) is 6.47. The molecule has 0 aliphatic carbocycles. The van der Waals surface area contributed by atoms with Gasteiger partial charge in [-0.05, 0) is 18.6 Å². The van der Waals surface area contributed by atoms with Crippen LogP contribution in [0.15, 0.2) is 30.6 Å². The van der Waals surface area contributed by atoms with Gasteiger partial charge in [0.1, 0.15) is 11.3 Å². The van der Waals surface area contributed by atoms with Gasteiger partial charge in [0.2, 0.25) is 0 Å². The van der Waals surface area contributed by atoms with Crippen molar-refractivity contribution in [1.82, 2.24) is 25.3 Å². The van der Waals surface area contributed by atoms with E-state index in [4.69, 9.17) is 0 Å². The molecule has 0 radical (unpaired) electrons. The highest BCUT2D eigenvalue weighted by atomic mass is 16.3. The van der Waals surface area contributed by atoms with Crippen molar-refractivity contribution < 1.29 is 5.11 Å². The van der Waals surface area contributed by atoms with Crippen LogP contribution in [0, 0.1) is 0 Å². The molecule has 1 aliphatic rings. The van der Waals surface area contributed by atoms with Gasteiger partial charge < -0.3 is 5.11 Å². The number of aromatic amines is 1. The van der Waals surface area contributed by atoms with E-state index < -0.39 is 5.60 Å². The Morgan fingerprint density at radius 3 is 3.11 bits per heavy atom. The van der Waals surface area contributed by atoms with Gasteiger partial charge in [0.05, 0.1) is 6.20 Å². The summed E-state index contributed by atoms with van der Waals surface area (Å²) in [5.41, 5.74) is 0.851. The number of aromatic nitrogens is 4. The summed E-state index contributed by atoms with van der Waals surface area (Å²) >= 11 is 0. The number of rotatable bonds is 4. The number of pyridine rings is 1. The van der Waals surface area contributed by atoms with Gasteiger partial charge in [-0.1, -0.05) is 6.07 Å². The Kier molecular flexibility index (Phi) is 3.27. The summed E-state index contributed by atoms with van der Waals surface area (Å²) in [6.45, 7) is 2.37. The normalized spacial score (nSPS) is 23.8. The first-order valence-electron chi connectivity index (χ1n) is 6.47. The molecular formula is C13H17N5O. The lowest BCUT2D eigenvalue weighted by Crippen LogP contribution is -2.32. The zero-order valence-corrected chi connectivity index (χ0v) is 10.7. The molecule has 0 saturated carbocycles. The van der Waals surface area contributed by atoms with E-state index in [9.17, 15) is 5.11 Å². The molecule has 1 saturated heterocycles. The van der Waals surface area contributed by atoms with Gasteiger partial charge in [0.15, 0.2) is 0 Å². The predicted molar refractivity (Wildman–Crippen MR) is 69.3 cm³/mol. The van der Waals surface area contributed by atoms with Crippen molar-refractivity contribution in [2.24, 2.45) is 0 Å². The summed E-state index contributed by atoms with van der Waals surface area (Å²) in [5, 5.41) is 20.9. The average Bonchev–Trinajstić information content (AvgIpc) is 3.08. The Labute approximate surface area is 111 Å². The Bertz CT molecular complexity index is 515. The van der Waals surface area contributed by atoms with E-state index in [0.29, 0.717) is 18.7 Å². The highest BCUT2D eigenvalue weighted by Crippen LogP contribution is 2.29. The molecule has 1 unspecified atom stereocenters. The molecule has 0 bridgehead atoms. The standard InChI is InChI=1S/C13H17N5O/c19-13(12-9-15-17-16-12)5-8-18(10-13)7-4-11-3-1-2-6-14-11/h1-3,6,9,19H,4-5,7-8,10H2,(H,15,16,17). The van der Waals surface area contributed by atoms with Gasteiger partial charge in [0.25, 0.3) is 0 Å². The Balaban J connectivity index is 1.58. The van der Waals surface area contributed by atoms with Gasteiger partial charge in [-0.15, -0.1) is 0 Å². The summed E-state index contributed by atoms with van der Waals surface area (Å²) in [6.07, 6.45) is 5.00. The third-order valence-electron chi connectivity index (χ3n) is 3.63. The number of likely N-dealkylation sites (tertiary alicyclic amines) is 1. The number of β-amino-alcohol motifs (C(OH)–C–C–N with tert-alkyl or cyclic N) is 1. The first kappa shape index (κ1) is 12.3. The molecule has 0 spiro atoms. The molecule has 3 heterocycles. The summed E-state index contributed by atoms with van der Waals surface area (Å²) in [4.78, 5) is 6.55. The second-order valence-electron chi connectivity index (χ2n) is 4.98. The third-order valence-corrected chi connectivity index (χ3v) is 3.63. The highest BCUT2D eigenvalue weighted by Gasteiger charge is 2.39. The van der Waals surface area contributed by atoms with Crippen molar-refractivity contribution in [3.05, 3.63) is 42.0 Å². The fourth-order valence-corrected chi connectivity index (χ4v) is 2.52. The lowest BCUT2D eigenvalue weighted by Gasteiger charge is -2.20. The van der Waals surface area contributed by atoms with Crippen molar-refractivity contribution in [2.75, 3.05) is 19.6 Å². The summed E-state index contributed by atoms with van der Waals surface area (Å²) in [5.74, 6) is 0. The van der Waals surface area contributed by atoms with E-state index in [2.05, 4.69) is 25.3 Å². The van der Waals surface area contributed by atoms with E-state index in [1.165, 1.54) is 0 Å². The molecule has 6 nitrogen and oxygen atoms in total. The van der Waals surface area contributed by atoms with E-state index in [1.54, 1.807) is 6.20 Å². The molecular weight excluding hydrogens is 242 g/mol. The average molecular weight is 259 g/mol. The van der Waals surface area contributed by atoms with Crippen LogP contribution in [0.1, 0.15) is 17.8 Å². The predicted octanol–water partition coefficient (Wildman–Crippen LogP) is 0.336. The van der Waals surface area contributed by atoms with E-state index in [1.807, 2.05) is 24.4 Å². The molecule has 2 aromatic rings. The Morgan fingerprint density at radius 1 is 1.42 bits per heavy atom. The molecule has 2 aromatic heterocycles. The summed E-state index contributed by atoms with van der Waals surface area (Å²) in [6, 6.07) is 5.95. The summed E-state index contributed by atoms with van der Waals surface area (Å²) < 4.78 is 0. The topological polar surface area (TPSA) is 77.9 Å². The van der Waals surface area contributed by atoms with Crippen molar-refractivity contribution in [2.45, 2.75) is 18.4 Å². The molecule has 2 N–H and O–H groups in total. The minimum Gasteiger partial charge on any atom is -0.382 e. The molecule has 1 fully saturated rings. The van der Waals surface area contributed by atoms with Gasteiger partial charge in [-0.2, -0.15) is 15.4 Å². The smallest absolute Gasteiger partial charge is 0.124 e. The van der Waals surface area contributed by atoms with Crippen molar-refractivity contribution in [3.8, 4) is 0 Å². The molecule has 3 rings (SSSR count). The van der Waals surface area contributed by atoms with E-state index >= 15 is 0 Å². The number of hydrogen-bond acceptors (Lipinski definition) is 5. The first-order chi connectivity index (χ1) is 9.26. The fraction of sp³-hybridized carbons (Fsp3) is 0.462. The number of H-pyrrole nitrogens is 1. The zero-order chi connectivity index (χ0) is 13.1. The maximum absolute atomic E-state index is 10.5. The minimum absolute atomic E-state index is 0.604. The maximum atomic E-state index is 10.5. The number of nitrogens with zero attached hydrogens (tertiary/aromatic N) is 4. The molecule has 0 aromatic carbocycles. The van der Waals surface area contributed by atoms with Crippen molar-refractivity contribution in [3.63, 3.8) is 0 Å². The molecule has 19 heavy (non-hydrogen) atoms. The monoisotopic (exact) mass is 259 g/mol. The van der Waals surface area contributed by atoms with Crippen molar-refractivity contribution >= 4 is 0 Å². The van der Waals surface area contributed by atoms with Crippen LogP contribution in [0.5, 0.6) is 0 Å². The zero-order valence-electron chi connectivity index (χ0n) is 10.7. The van der Waals surface area contributed by atoms with Crippen LogP contribution in [0.4, 0.5) is 0 Å². The van der Waals surface area contributed by atoms with Crippen LogP contribution < -0.4 is 0 Å². The minimum atomic E-state index is -0.864. The molecule has 6 heteroatoms. The second-order valence-corrected chi connectivity index (χ2v) is 4.98. The van der Waals surface area contributed by atoms with E-state index in [0.717, 1.165) is 25.2 Å². The quantitative estimate of drug-likeness (QED) is 0.827. The number of nitrogens with one attached hydrogen (secondary N) is 1. The van der Waals surface area contributed by atoms with Gasteiger partial charge in [-0.3, -0.25) is 9.88 Å². The van der Waals surface area contributed by atoms with Crippen LogP contribution in [0.2, 0.25) is 0 Å². The Hall–Kier alpha value is -1.79. The molecule has 1 atom stereocenters. The number of aliphatic hydroxyl groups is 1. The lowest BCUT2D eigenvalue weighted by molar-refractivity contribution is 0.0418. The SMILES string of the molecule is OC1(c2cn[nH]n2)CCN(CCc2ccccn2)C1. The van der Waals surface area contributed by atoms with Gasteiger partial charge in [0, 0.05) is 37.9 Å². The highest BCUT2D eigenvalue weighted by molar-refractivity contribution is 5.11. The molecule has 0 amide bonds. The van der Waals surface area contributed by atoms with E-state index in [-0.39, 0.29) is 0 Å². The number of hydrogen-bond donors (Lipinski definition) is 2. The van der Waals surface area contributed by atoms with Crippen LogP contribution in [-0.4, -0.2) is 50.0 Å². The van der Waals surface area contributed by atoms with Gasteiger partial charge >= 0.3 is 0 Å². The van der Waals surface area contributed by atoms with Crippen LogP contribution in [0.25, 0.3) is 0 Å². The second kappa shape index (κ2) is 5.07. The lowest BCUT2D eigenvalue weighted by atomic mass is 10.00. The Morgan fingerprint density at radius 2 is 2.37 bits per heavy atom. The summed E-state index contributed by atoms with van der Waals surface area (Å²) in [7, 11) is 0. The van der Waals surface area contributed by atoms with Gasteiger partial charge in [-0.25, -0.2) is 0 Å². The van der Waals surface area contributed by atoms with Crippen molar-refractivity contribution in [1.29, 1.82) is 0 Å². The fourth-order valence-electron chi connectivity index (χ4n) is 2.52.